The molecule has 5 nitrogen and oxygen atoms in total. The Bertz CT molecular complexity index is 987. The molecule has 0 radical (unpaired) electrons. The van der Waals surface area contributed by atoms with Gasteiger partial charge in [-0.15, -0.1) is 0 Å². The van der Waals surface area contributed by atoms with Gasteiger partial charge in [-0.1, -0.05) is 23.8 Å². The smallest absolute Gasteiger partial charge is 0.123 e. The summed E-state index contributed by atoms with van der Waals surface area (Å²) in [7, 11) is 0. The molecule has 0 amide bonds. The fourth-order valence-electron chi connectivity index (χ4n) is 2.79. The van der Waals surface area contributed by atoms with Gasteiger partial charge in [0, 0.05) is 34.6 Å². The van der Waals surface area contributed by atoms with E-state index < -0.39 is 0 Å². The summed E-state index contributed by atoms with van der Waals surface area (Å²) in [5.74, 6) is 0.432. The van der Waals surface area contributed by atoms with Gasteiger partial charge in [-0.05, 0) is 47.0 Å². The molecule has 1 aromatic carbocycles. The number of rotatable bonds is 4. The Morgan fingerprint density at radius 2 is 2.00 bits per heavy atom. The zero-order valence-electron chi connectivity index (χ0n) is 13.3. The average Bonchev–Trinajstić information content (AvgIpc) is 2.60. The average molecular weight is 373 g/mol. The second-order valence-electron chi connectivity index (χ2n) is 5.52. The van der Waals surface area contributed by atoms with Gasteiger partial charge in [0.25, 0.3) is 0 Å². The summed E-state index contributed by atoms with van der Waals surface area (Å²) in [5.41, 5.74) is 16.4. The first-order valence-electron chi connectivity index (χ1n) is 7.61. The van der Waals surface area contributed by atoms with E-state index in [0.717, 1.165) is 22.3 Å². The van der Waals surface area contributed by atoms with Crippen LogP contribution >= 0.6 is 23.8 Å². The summed E-state index contributed by atoms with van der Waals surface area (Å²) in [6, 6.07) is 9.17. The number of benzene rings is 1. The molecule has 2 aromatic heterocycles. The molecule has 3 aromatic rings. The van der Waals surface area contributed by atoms with Crippen LogP contribution in [0.15, 0.2) is 42.7 Å². The number of nitrogens with two attached hydrogens (primary N) is 2. The Morgan fingerprint density at radius 1 is 1.20 bits per heavy atom. The molecule has 0 unspecified atom stereocenters. The van der Waals surface area contributed by atoms with Gasteiger partial charge < -0.3 is 21.6 Å². The lowest BCUT2D eigenvalue weighted by atomic mass is 9.95. The highest BCUT2D eigenvalue weighted by molar-refractivity contribution is 7.71. The van der Waals surface area contributed by atoms with Gasteiger partial charge in [0.1, 0.15) is 5.82 Å². The first-order chi connectivity index (χ1) is 12.0. The Kier molecular flexibility index (Phi) is 5.15. The van der Waals surface area contributed by atoms with E-state index in [2.05, 4.69) is 9.97 Å². The number of halogens is 1. The molecule has 0 atom stereocenters. The third kappa shape index (κ3) is 3.43. The van der Waals surface area contributed by atoms with E-state index in [-0.39, 0.29) is 13.2 Å². The molecule has 6 N–H and O–H groups in total. The molecule has 0 bridgehead atoms. The summed E-state index contributed by atoms with van der Waals surface area (Å²) >= 11 is 11.9. The van der Waals surface area contributed by atoms with Gasteiger partial charge in [0.2, 0.25) is 0 Å². The van der Waals surface area contributed by atoms with E-state index in [1.165, 1.54) is 0 Å². The Balaban J connectivity index is 2.24. The fourth-order valence-corrected chi connectivity index (χ4v) is 3.36. The molecule has 3 rings (SSSR count). The number of hydrogen-bond acceptors (Lipinski definition) is 5. The van der Waals surface area contributed by atoms with Crippen LogP contribution in [0.25, 0.3) is 22.4 Å². The molecule has 2 heterocycles. The normalized spacial score (nSPS) is 10.8. The van der Waals surface area contributed by atoms with Gasteiger partial charge in [-0.3, -0.25) is 0 Å². The number of nitrogen functional groups attached to an aromatic ring is 1. The molecule has 0 saturated carbocycles. The van der Waals surface area contributed by atoms with Crippen LogP contribution in [0.3, 0.4) is 0 Å². The number of aliphatic hydroxyl groups excluding tert-OH is 1. The lowest BCUT2D eigenvalue weighted by Gasteiger charge is -2.16. The maximum atomic E-state index is 9.70. The van der Waals surface area contributed by atoms with Crippen LogP contribution in [0.2, 0.25) is 5.02 Å². The second-order valence-corrected chi connectivity index (χ2v) is 6.37. The number of aliphatic hydroxyl groups is 1. The van der Waals surface area contributed by atoms with Crippen LogP contribution in [0.5, 0.6) is 0 Å². The highest BCUT2D eigenvalue weighted by Crippen LogP contribution is 2.36. The number of aromatic nitrogens is 2. The summed E-state index contributed by atoms with van der Waals surface area (Å²) in [6.07, 6.45) is 3.37. The minimum atomic E-state index is -0.186. The topological polar surface area (TPSA) is 101 Å². The quantitative estimate of drug-likeness (QED) is 0.523. The number of aromatic amines is 1. The van der Waals surface area contributed by atoms with Gasteiger partial charge in [0.15, 0.2) is 0 Å². The molecule has 0 aliphatic carbocycles. The van der Waals surface area contributed by atoms with E-state index in [0.29, 0.717) is 26.6 Å². The van der Waals surface area contributed by atoms with Crippen molar-refractivity contribution in [3.63, 3.8) is 0 Å². The van der Waals surface area contributed by atoms with E-state index in [1.807, 2.05) is 18.2 Å². The third-order valence-electron chi connectivity index (χ3n) is 3.98. The SMILES string of the molecule is NCc1cc(-c2ccnc(N)c2)cc(Cl)c1-c1[nH]ccc(=S)c1CO. The van der Waals surface area contributed by atoms with Gasteiger partial charge >= 0.3 is 0 Å². The largest absolute Gasteiger partial charge is 0.392 e. The molecule has 128 valence electrons. The summed E-state index contributed by atoms with van der Waals surface area (Å²) in [4.78, 5) is 7.14. The highest BCUT2D eigenvalue weighted by atomic mass is 35.5. The van der Waals surface area contributed by atoms with Crippen LogP contribution in [-0.4, -0.2) is 15.1 Å². The second kappa shape index (κ2) is 7.33. The van der Waals surface area contributed by atoms with Crippen molar-refractivity contribution < 1.29 is 5.11 Å². The lowest BCUT2D eigenvalue weighted by molar-refractivity contribution is 0.281. The predicted molar refractivity (Wildman–Crippen MR) is 104 cm³/mol. The number of nitrogens with one attached hydrogen (secondary N) is 1. The Hall–Kier alpha value is -2.25. The van der Waals surface area contributed by atoms with E-state index in [4.69, 9.17) is 35.3 Å². The molecule has 0 aliphatic rings. The van der Waals surface area contributed by atoms with Crippen LogP contribution in [0.1, 0.15) is 11.1 Å². The molecule has 0 saturated heterocycles. The van der Waals surface area contributed by atoms with Crippen molar-refractivity contribution in [2.75, 3.05) is 5.73 Å². The Labute approximate surface area is 155 Å². The number of anilines is 1. The van der Waals surface area contributed by atoms with Crippen molar-refractivity contribution in [2.45, 2.75) is 13.2 Å². The molecular weight excluding hydrogens is 356 g/mol. The molecular formula is C18H17ClN4OS. The summed E-state index contributed by atoms with van der Waals surface area (Å²) < 4.78 is 0.571. The first-order valence-corrected chi connectivity index (χ1v) is 8.40. The Morgan fingerprint density at radius 3 is 2.68 bits per heavy atom. The fraction of sp³-hybridized carbons (Fsp3) is 0.111. The lowest BCUT2D eigenvalue weighted by Crippen LogP contribution is -2.04. The van der Waals surface area contributed by atoms with Crippen molar-refractivity contribution in [1.29, 1.82) is 0 Å². The first kappa shape index (κ1) is 17.6. The predicted octanol–water partition coefficient (Wildman–Crippen LogP) is 3.66. The maximum absolute atomic E-state index is 9.70. The van der Waals surface area contributed by atoms with Crippen LogP contribution in [0.4, 0.5) is 5.82 Å². The van der Waals surface area contributed by atoms with Gasteiger partial charge in [-0.25, -0.2) is 4.98 Å². The number of H-pyrrole nitrogens is 1. The van der Waals surface area contributed by atoms with Gasteiger partial charge in [-0.2, -0.15) is 0 Å². The number of pyridine rings is 2. The zero-order valence-corrected chi connectivity index (χ0v) is 14.9. The van der Waals surface area contributed by atoms with Crippen molar-refractivity contribution in [3.05, 3.63) is 63.4 Å². The molecule has 0 aliphatic heterocycles. The van der Waals surface area contributed by atoms with E-state index in [9.17, 15) is 5.11 Å². The summed E-state index contributed by atoms with van der Waals surface area (Å²) in [6.45, 7) is 0.0955. The van der Waals surface area contributed by atoms with E-state index >= 15 is 0 Å². The van der Waals surface area contributed by atoms with E-state index in [1.54, 1.807) is 24.5 Å². The van der Waals surface area contributed by atoms with Crippen LogP contribution in [0, 0.1) is 4.51 Å². The molecule has 7 heteroatoms. The highest BCUT2D eigenvalue weighted by Gasteiger charge is 2.16. The third-order valence-corrected chi connectivity index (χ3v) is 4.66. The van der Waals surface area contributed by atoms with Crippen molar-refractivity contribution in [2.24, 2.45) is 5.73 Å². The minimum Gasteiger partial charge on any atom is -0.392 e. The van der Waals surface area contributed by atoms with Gasteiger partial charge in [0.05, 0.1) is 17.3 Å². The zero-order chi connectivity index (χ0) is 18.0. The number of nitrogens with zero attached hydrogens (tertiary/aromatic N) is 1. The molecule has 0 fully saturated rings. The molecule has 0 spiro atoms. The van der Waals surface area contributed by atoms with Crippen molar-refractivity contribution in [3.8, 4) is 22.4 Å². The van der Waals surface area contributed by atoms with Crippen LogP contribution < -0.4 is 11.5 Å². The minimum absolute atomic E-state index is 0.186. The molecule has 25 heavy (non-hydrogen) atoms. The van der Waals surface area contributed by atoms with Crippen molar-refractivity contribution >= 4 is 29.6 Å². The number of hydrogen-bond donors (Lipinski definition) is 4. The van der Waals surface area contributed by atoms with Crippen LogP contribution in [-0.2, 0) is 13.2 Å². The maximum Gasteiger partial charge on any atom is 0.123 e. The monoisotopic (exact) mass is 372 g/mol. The standard InChI is InChI=1S/C18H17ClN4OS/c19-14-6-11(10-1-3-22-16(21)7-10)5-12(8-20)17(14)18-13(9-24)15(25)2-4-23-18/h1-7,24H,8-9,20H2,(H2,21,22)(H,23,25). The summed E-state index contributed by atoms with van der Waals surface area (Å²) in [5, 5.41) is 10.2. The van der Waals surface area contributed by atoms with Crippen molar-refractivity contribution in [1.82, 2.24) is 9.97 Å².